The number of hydrogen-bond acceptors (Lipinski definition) is 3. The molecule has 1 aromatic carbocycles. The Morgan fingerprint density at radius 1 is 1.35 bits per heavy atom. The normalized spacial score (nSPS) is 10.0. The number of carbonyl (C=O) groups excluding carboxylic acids is 1. The quantitative estimate of drug-likeness (QED) is 0.927. The highest BCUT2D eigenvalue weighted by Gasteiger charge is 2.08. The molecule has 0 spiro atoms. The van der Waals surface area contributed by atoms with Crippen LogP contribution in [-0.2, 0) is 0 Å². The molecule has 0 bridgehead atoms. The Morgan fingerprint density at radius 3 is 2.82 bits per heavy atom. The maximum Gasteiger partial charge on any atom is 0.256 e. The molecule has 86 valence electrons. The minimum absolute atomic E-state index is 0.278. The number of anilines is 1. The number of halogens is 2. The van der Waals surface area contributed by atoms with Crippen LogP contribution in [0.15, 0.2) is 41.0 Å². The number of nitrogens with one attached hydrogen (secondary N) is 1. The van der Waals surface area contributed by atoms with Crippen LogP contribution >= 0.6 is 27.5 Å². The zero-order chi connectivity index (χ0) is 12.3. The Labute approximate surface area is 111 Å². The lowest BCUT2D eigenvalue weighted by Gasteiger charge is -2.04. The van der Waals surface area contributed by atoms with Crippen molar-refractivity contribution in [2.75, 3.05) is 5.32 Å². The Kier molecular flexibility index (Phi) is 3.71. The van der Waals surface area contributed by atoms with E-state index in [1.807, 2.05) is 0 Å². The number of aromatic nitrogens is 2. The molecule has 0 unspecified atom stereocenters. The number of hydrogen-bond donors (Lipinski definition) is 1. The van der Waals surface area contributed by atoms with E-state index in [2.05, 4.69) is 31.4 Å². The van der Waals surface area contributed by atoms with Crippen molar-refractivity contribution in [2.24, 2.45) is 0 Å². The summed E-state index contributed by atoms with van der Waals surface area (Å²) >= 11 is 9.17. The second kappa shape index (κ2) is 5.25. The van der Waals surface area contributed by atoms with Gasteiger partial charge >= 0.3 is 0 Å². The van der Waals surface area contributed by atoms with E-state index in [0.717, 1.165) is 4.47 Å². The van der Waals surface area contributed by atoms with E-state index >= 15 is 0 Å². The number of benzene rings is 1. The van der Waals surface area contributed by atoms with Crippen molar-refractivity contribution in [3.8, 4) is 0 Å². The summed E-state index contributed by atoms with van der Waals surface area (Å²) in [5.41, 5.74) is 0.462. The second-order valence-electron chi connectivity index (χ2n) is 3.19. The van der Waals surface area contributed by atoms with E-state index in [0.29, 0.717) is 16.4 Å². The van der Waals surface area contributed by atoms with Crippen LogP contribution in [0.4, 0.5) is 5.82 Å². The lowest BCUT2D eigenvalue weighted by Crippen LogP contribution is -2.13. The molecule has 0 radical (unpaired) electrons. The molecule has 2 aromatic rings. The van der Waals surface area contributed by atoms with Gasteiger partial charge in [0.15, 0.2) is 5.82 Å². The van der Waals surface area contributed by atoms with Crippen molar-refractivity contribution in [2.45, 2.75) is 0 Å². The van der Waals surface area contributed by atoms with Gasteiger partial charge in [0.2, 0.25) is 0 Å². The van der Waals surface area contributed by atoms with Crippen LogP contribution < -0.4 is 5.32 Å². The van der Waals surface area contributed by atoms with Gasteiger partial charge in [-0.2, -0.15) is 5.10 Å². The first kappa shape index (κ1) is 12.0. The minimum Gasteiger partial charge on any atom is -0.305 e. The highest BCUT2D eigenvalue weighted by Crippen LogP contribution is 2.23. The predicted octanol–water partition coefficient (Wildman–Crippen LogP) is 3.14. The summed E-state index contributed by atoms with van der Waals surface area (Å²) in [6.45, 7) is 0. The molecule has 0 saturated carbocycles. The van der Waals surface area contributed by atoms with Crippen LogP contribution in [0.1, 0.15) is 10.4 Å². The number of nitrogens with zero attached hydrogens (tertiary/aromatic N) is 2. The molecule has 0 aliphatic carbocycles. The Balaban J connectivity index is 2.18. The van der Waals surface area contributed by atoms with Crippen LogP contribution in [-0.4, -0.2) is 16.1 Å². The fourth-order valence-corrected chi connectivity index (χ4v) is 1.62. The summed E-state index contributed by atoms with van der Waals surface area (Å²) in [7, 11) is 0. The zero-order valence-corrected chi connectivity index (χ0v) is 10.9. The lowest BCUT2D eigenvalue weighted by atomic mass is 10.2. The van der Waals surface area contributed by atoms with Crippen LogP contribution in [0.5, 0.6) is 0 Å². The first-order valence-corrected chi connectivity index (χ1v) is 5.88. The monoisotopic (exact) mass is 311 g/mol. The van der Waals surface area contributed by atoms with E-state index in [-0.39, 0.29) is 5.91 Å². The predicted molar refractivity (Wildman–Crippen MR) is 69.1 cm³/mol. The molecule has 2 rings (SSSR count). The van der Waals surface area contributed by atoms with Gasteiger partial charge in [-0.1, -0.05) is 11.6 Å². The van der Waals surface area contributed by atoms with Gasteiger partial charge in [-0.15, -0.1) is 5.10 Å². The van der Waals surface area contributed by atoms with E-state index in [4.69, 9.17) is 11.6 Å². The third kappa shape index (κ3) is 3.01. The lowest BCUT2D eigenvalue weighted by molar-refractivity contribution is 0.102. The standard InChI is InChI=1S/C11H7BrClN3O/c12-8-4-3-7(6-9(8)13)11(17)15-10-2-1-5-14-16-10/h1-6H,(H,15,16,17). The third-order valence-corrected chi connectivity index (χ3v) is 3.23. The fraction of sp³-hybridized carbons (Fsp3) is 0. The van der Waals surface area contributed by atoms with E-state index in [9.17, 15) is 4.79 Å². The Morgan fingerprint density at radius 2 is 2.18 bits per heavy atom. The highest BCUT2D eigenvalue weighted by molar-refractivity contribution is 9.10. The van der Waals surface area contributed by atoms with E-state index < -0.39 is 0 Å². The van der Waals surface area contributed by atoms with E-state index in [1.54, 1.807) is 30.3 Å². The van der Waals surface area contributed by atoms with Gasteiger partial charge in [0.1, 0.15) is 0 Å². The van der Waals surface area contributed by atoms with Gasteiger partial charge in [-0.25, -0.2) is 0 Å². The molecular formula is C11H7BrClN3O. The number of carbonyl (C=O) groups is 1. The molecule has 1 heterocycles. The van der Waals surface area contributed by atoms with Gasteiger partial charge in [-0.3, -0.25) is 4.79 Å². The molecule has 0 aliphatic heterocycles. The number of amides is 1. The maximum absolute atomic E-state index is 11.8. The van der Waals surface area contributed by atoms with Gasteiger partial charge in [-0.05, 0) is 46.3 Å². The summed E-state index contributed by atoms with van der Waals surface area (Å²) in [4.78, 5) is 11.8. The van der Waals surface area contributed by atoms with Crippen LogP contribution in [0, 0.1) is 0 Å². The number of rotatable bonds is 2. The smallest absolute Gasteiger partial charge is 0.256 e. The SMILES string of the molecule is O=C(Nc1cccnn1)c1ccc(Br)c(Cl)c1. The second-order valence-corrected chi connectivity index (χ2v) is 4.45. The van der Waals surface area contributed by atoms with Crippen molar-refractivity contribution in [3.05, 3.63) is 51.6 Å². The van der Waals surface area contributed by atoms with E-state index in [1.165, 1.54) is 6.20 Å². The molecule has 1 aromatic heterocycles. The first-order chi connectivity index (χ1) is 8.16. The molecule has 0 aliphatic rings. The van der Waals surface area contributed by atoms with Crippen molar-refractivity contribution < 1.29 is 4.79 Å². The van der Waals surface area contributed by atoms with Crippen LogP contribution in [0.2, 0.25) is 5.02 Å². The van der Waals surface area contributed by atoms with Gasteiger partial charge in [0.25, 0.3) is 5.91 Å². The molecule has 6 heteroatoms. The fourth-order valence-electron chi connectivity index (χ4n) is 1.19. The van der Waals surface area contributed by atoms with Crippen molar-refractivity contribution in [1.29, 1.82) is 0 Å². The van der Waals surface area contributed by atoms with Gasteiger partial charge < -0.3 is 5.32 Å². The van der Waals surface area contributed by atoms with Gasteiger partial charge in [0.05, 0.1) is 5.02 Å². The zero-order valence-electron chi connectivity index (χ0n) is 8.52. The van der Waals surface area contributed by atoms with Crippen molar-refractivity contribution in [3.63, 3.8) is 0 Å². The van der Waals surface area contributed by atoms with Crippen LogP contribution in [0.3, 0.4) is 0 Å². The van der Waals surface area contributed by atoms with Crippen molar-refractivity contribution in [1.82, 2.24) is 10.2 Å². The molecular weight excluding hydrogens is 305 g/mol. The molecule has 1 N–H and O–H groups in total. The molecule has 4 nitrogen and oxygen atoms in total. The molecule has 17 heavy (non-hydrogen) atoms. The third-order valence-electron chi connectivity index (χ3n) is 2.00. The Hall–Kier alpha value is -1.46. The molecule has 1 amide bonds. The summed E-state index contributed by atoms with van der Waals surface area (Å²) in [5.74, 6) is 0.122. The summed E-state index contributed by atoms with van der Waals surface area (Å²) < 4.78 is 0.746. The average Bonchev–Trinajstić information content (AvgIpc) is 2.34. The average molecular weight is 313 g/mol. The summed E-state index contributed by atoms with van der Waals surface area (Å²) in [6, 6.07) is 8.31. The minimum atomic E-state index is -0.278. The summed E-state index contributed by atoms with van der Waals surface area (Å²) in [6.07, 6.45) is 1.53. The topological polar surface area (TPSA) is 54.9 Å². The largest absolute Gasteiger partial charge is 0.305 e. The maximum atomic E-state index is 11.8. The molecule has 0 fully saturated rings. The molecule has 0 saturated heterocycles. The highest BCUT2D eigenvalue weighted by atomic mass is 79.9. The van der Waals surface area contributed by atoms with Gasteiger partial charge in [0, 0.05) is 16.2 Å². The Bertz CT molecular complexity index is 548. The summed E-state index contributed by atoms with van der Waals surface area (Å²) in [5, 5.41) is 10.5. The van der Waals surface area contributed by atoms with Crippen LogP contribution in [0.25, 0.3) is 0 Å². The first-order valence-electron chi connectivity index (χ1n) is 4.71. The van der Waals surface area contributed by atoms with Crippen molar-refractivity contribution >= 4 is 39.3 Å². The molecule has 0 atom stereocenters.